The Kier molecular flexibility index (Phi) is 5.82. The molecule has 0 bridgehead atoms. The highest BCUT2D eigenvalue weighted by molar-refractivity contribution is 5.97. The Balaban J connectivity index is 1.25. The summed E-state index contributed by atoms with van der Waals surface area (Å²) < 4.78 is 0. The number of nitrogens with one attached hydrogen (secondary N) is 3. The molecule has 2 aliphatic heterocycles. The molecule has 2 aliphatic rings. The van der Waals surface area contributed by atoms with Crippen LogP contribution in [-0.4, -0.2) is 61.0 Å². The van der Waals surface area contributed by atoms with Gasteiger partial charge in [-0.1, -0.05) is 6.08 Å². The lowest BCUT2D eigenvalue weighted by atomic mass is 9.90. The Labute approximate surface area is 219 Å². The minimum absolute atomic E-state index is 0.646. The number of rotatable bonds is 5. The second kappa shape index (κ2) is 9.75. The first kappa shape index (κ1) is 22.7. The van der Waals surface area contributed by atoms with Crippen LogP contribution in [0, 0.1) is 5.92 Å². The third kappa shape index (κ3) is 4.31. The van der Waals surface area contributed by atoms with Crippen LogP contribution < -0.4 is 5.32 Å². The van der Waals surface area contributed by atoms with E-state index in [1.807, 2.05) is 30.6 Å². The van der Waals surface area contributed by atoms with Crippen molar-refractivity contribution in [3.63, 3.8) is 0 Å². The zero-order valence-electron chi connectivity index (χ0n) is 20.9. The Morgan fingerprint density at radius 3 is 2.82 bits per heavy atom. The van der Waals surface area contributed by atoms with Crippen molar-refractivity contribution in [1.82, 2.24) is 40.4 Å². The van der Waals surface area contributed by atoms with E-state index in [9.17, 15) is 0 Å². The molecule has 0 amide bonds. The molecule has 3 N–H and O–H groups in total. The highest BCUT2D eigenvalue weighted by Gasteiger charge is 2.18. The predicted octanol–water partition coefficient (Wildman–Crippen LogP) is 4.74. The van der Waals surface area contributed by atoms with E-state index in [2.05, 4.69) is 53.7 Å². The quantitative estimate of drug-likeness (QED) is 0.320. The molecule has 5 aromatic rings. The molecule has 0 aliphatic carbocycles. The van der Waals surface area contributed by atoms with Crippen molar-refractivity contribution in [3.05, 3.63) is 72.5 Å². The van der Waals surface area contributed by atoms with Crippen LogP contribution in [0.15, 0.2) is 71.8 Å². The number of piperidine rings is 1. The molecule has 5 aromatic heterocycles. The van der Waals surface area contributed by atoms with Crippen LogP contribution in [0.4, 0.5) is 0 Å². The van der Waals surface area contributed by atoms with Gasteiger partial charge in [-0.2, -0.15) is 5.10 Å². The van der Waals surface area contributed by atoms with E-state index >= 15 is 0 Å². The molecule has 0 unspecified atom stereocenters. The number of aromatic amines is 2. The molecular weight excluding hydrogens is 474 g/mol. The number of imidazole rings is 1. The molecule has 0 atom stereocenters. The fourth-order valence-electron chi connectivity index (χ4n) is 5.34. The Bertz CT molecular complexity index is 1700. The second-order valence-corrected chi connectivity index (χ2v) is 9.84. The summed E-state index contributed by atoms with van der Waals surface area (Å²) in [6.07, 6.45) is 17.1. The number of aliphatic imine (C=N–C) groups is 1. The highest BCUT2D eigenvalue weighted by atomic mass is 15.1. The summed E-state index contributed by atoms with van der Waals surface area (Å²) in [5.74, 6) is 1.38. The Morgan fingerprint density at radius 2 is 1.92 bits per heavy atom. The van der Waals surface area contributed by atoms with E-state index in [4.69, 9.17) is 9.97 Å². The molecule has 0 saturated carbocycles. The number of fused-ring (bicyclic) bond motifs is 2. The van der Waals surface area contributed by atoms with Crippen molar-refractivity contribution in [1.29, 1.82) is 0 Å². The SMILES string of the molecule is C1=NCC=C(c2cc3c(-c4nc5c(-c6cccnc6)nccc5[nH]4)n[nH]c3cn2)C=C1CC1CCNCC1. The van der Waals surface area contributed by atoms with E-state index < -0.39 is 0 Å². The lowest BCUT2D eigenvalue weighted by Gasteiger charge is -2.22. The van der Waals surface area contributed by atoms with Crippen LogP contribution in [-0.2, 0) is 0 Å². The van der Waals surface area contributed by atoms with Crippen molar-refractivity contribution in [2.75, 3.05) is 19.6 Å². The largest absolute Gasteiger partial charge is 0.336 e. The van der Waals surface area contributed by atoms with Gasteiger partial charge < -0.3 is 10.3 Å². The molecule has 0 spiro atoms. The summed E-state index contributed by atoms with van der Waals surface area (Å²) in [7, 11) is 0. The van der Waals surface area contributed by atoms with Crippen molar-refractivity contribution < 1.29 is 0 Å². The van der Waals surface area contributed by atoms with Gasteiger partial charge in [0.1, 0.15) is 11.2 Å². The summed E-state index contributed by atoms with van der Waals surface area (Å²) in [5.41, 5.74) is 8.27. The van der Waals surface area contributed by atoms with E-state index in [0.29, 0.717) is 18.3 Å². The number of allylic oxidation sites excluding steroid dienone is 3. The van der Waals surface area contributed by atoms with Gasteiger partial charge in [0, 0.05) is 35.8 Å². The van der Waals surface area contributed by atoms with Crippen LogP contribution in [0.2, 0.25) is 0 Å². The van der Waals surface area contributed by atoms with Gasteiger partial charge in [0.05, 0.1) is 35.2 Å². The molecule has 38 heavy (non-hydrogen) atoms. The Hall–Kier alpha value is -4.50. The minimum atomic E-state index is 0.646. The van der Waals surface area contributed by atoms with Crippen molar-refractivity contribution in [2.24, 2.45) is 10.9 Å². The molecule has 7 rings (SSSR count). The van der Waals surface area contributed by atoms with Crippen LogP contribution in [0.3, 0.4) is 0 Å². The number of nitrogens with zero attached hydrogens (tertiary/aromatic N) is 6. The third-order valence-corrected chi connectivity index (χ3v) is 7.30. The molecule has 1 fully saturated rings. The summed E-state index contributed by atoms with van der Waals surface area (Å²) in [4.78, 5) is 26.5. The first-order chi connectivity index (χ1) is 18.8. The third-order valence-electron chi connectivity index (χ3n) is 7.30. The molecule has 0 radical (unpaired) electrons. The molecular formula is C29H27N9. The normalized spacial score (nSPS) is 16.5. The van der Waals surface area contributed by atoms with Gasteiger partial charge in [-0.15, -0.1) is 0 Å². The number of hydrogen-bond donors (Lipinski definition) is 3. The minimum Gasteiger partial charge on any atom is -0.336 e. The standard InChI is InChI=1S/C29H27N9/c1-2-21(16-31-7-1)26-28-23(6-11-33-26)35-29(36-28)27-22-14-24(34-17-25(22)37-38-27)20-5-10-32-15-19(13-20)12-18-3-8-30-9-4-18/h1-2,5-7,11,13-18,30H,3-4,8-10,12H2,(H,35,36)(H,37,38). The average Bonchev–Trinajstić information content (AvgIpc) is 3.52. The zero-order valence-corrected chi connectivity index (χ0v) is 20.9. The van der Waals surface area contributed by atoms with E-state index in [1.165, 1.54) is 18.4 Å². The number of pyridine rings is 3. The van der Waals surface area contributed by atoms with Crippen LogP contribution in [0.25, 0.3) is 50.3 Å². The van der Waals surface area contributed by atoms with Gasteiger partial charge in [0.15, 0.2) is 5.82 Å². The van der Waals surface area contributed by atoms with E-state index in [-0.39, 0.29) is 0 Å². The summed E-state index contributed by atoms with van der Waals surface area (Å²) in [6, 6.07) is 7.91. The highest BCUT2D eigenvalue weighted by Crippen LogP contribution is 2.31. The average molecular weight is 502 g/mol. The van der Waals surface area contributed by atoms with Crippen LogP contribution in [0.1, 0.15) is 25.0 Å². The summed E-state index contributed by atoms with van der Waals surface area (Å²) >= 11 is 0. The monoisotopic (exact) mass is 501 g/mol. The zero-order chi connectivity index (χ0) is 25.3. The summed E-state index contributed by atoms with van der Waals surface area (Å²) in [6.45, 7) is 2.84. The number of aromatic nitrogens is 7. The lowest BCUT2D eigenvalue weighted by molar-refractivity contribution is 0.375. The van der Waals surface area contributed by atoms with Crippen LogP contribution in [0.5, 0.6) is 0 Å². The molecule has 1 saturated heterocycles. The van der Waals surface area contributed by atoms with Crippen LogP contribution >= 0.6 is 0 Å². The molecule has 9 heteroatoms. The number of hydrogen-bond acceptors (Lipinski definition) is 7. The maximum absolute atomic E-state index is 4.92. The van der Waals surface area contributed by atoms with E-state index in [0.717, 1.165) is 69.7 Å². The van der Waals surface area contributed by atoms with Crippen molar-refractivity contribution >= 4 is 33.7 Å². The topological polar surface area (TPSA) is 120 Å². The van der Waals surface area contributed by atoms with Crippen molar-refractivity contribution in [3.8, 4) is 22.8 Å². The smallest absolute Gasteiger partial charge is 0.159 e. The first-order valence-electron chi connectivity index (χ1n) is 13.0. The summed E-state index contributed by atoms with van der Waals surface area (Å²) in [5, 5.41) is 12.1. The molecule has 188 valence electrons. The predicted molar refractivity (Wildman–Crippen MR) is 150 cm³/mol. The van der Waals surface area contributed by atoms with Gasteiger partial charge in [-0.25, -0.2) is 4.98 Å². The number of H-pyrrole nitrogens is 2. The second-order valence-electron chi connectivity index (χ2n) is 9.84. The first-order valence-corrected chi connectivity index (χ1v) is 13.0. The van der Waals surface area contributed by atoms with Gasteiger partial charge in [0.2, 0.25) is 0 Å². The van der Waals surface area contributed by atoms with Gasteiger partial charge in [-0.05, 0) is 79.8 Å². The van der Waals surface area contributed by atoms with Gasteiger partial charge >= 0.3 is 0 Å². The molecule has 9 nitrogen and oxygen atoms in total. The lowest BCUT2D eigenvalue weighted by Crippen LogP contribution is -2.28. The van der Waals surface area contributed by atoms with E-state index in [1.54, 1.807) is 18.6 Å². The fraction of sp³-hybridized carbons (Fsp3) is 0.241. The fourth-order valence-corrected chi connectivity index (χ4v) is 5.34. The maximum Gasteiger partial charge on any atom is 0.159 e. The Morgan fingerprint density at radius 1 is 0.974 bits per heavy atom. The molecule has 0 aromatic carbocycles. The van der Waals surface area contributed by atoms with Gasteiger partial charge in [0.25, 0.3) is 0 Å². The maximum atomic E-state index is 4.92. The van der Waals surface area contributed by atoms with Gasteiger partial charge in [-0.3, -0.25) is 25.0 Å². The molecule has 7 heterocycles. The van der Waals surface area contributed by atoms with Crippen molar-refractivity contribution in [2.45, 2.75) is 19.3 Å².